The van der Waals surface area contributed by atoms with Crippen molar-refractivity contribution in [2.24, 2.45) is 0 Å². The number of esters is 3. The van der Waals surface area contributed by atoms with Crippen LogP contribution in [-0.4, -0.2) is 37.2 Å². The minimum absolute atomic E-state index is 0.0695. The fourth-order valence-electron chi connectivity index (χ4n) is 10.4. The van der Waals surface area contributed by atoms with Crippen molar-refractivity contribution in [2.45, 2.75) is 386 Å². The molecule has 0 aromatic carbocycles. The van der Waals surface area contributed by atoms with Crippen LogP contribution in [0.4, 0.5) is 0 Å². The molecule has 1 atom stereocenters. The fraction of sp³-hybridized carbons (Fsp3) is 0.873. The van der Waals surface area contributed by atoms with Crippen molar-refractivity contribution < 1.29 is 28.6 Å². The summed E-state index contributed by atoms with van der Waals surface area (Å²) < 4.78 is 17.0. The number of rotatable bonds is 64. The third-order valence-electron chi connectivity index (χ3n) is 15.6. The molecule has 0 aliphatic carbocycles. The van der Waals surface area contributed by atoms with E-state index in [1.54, 1.807) is 0 Å². The number of hydrogen-bond donors (Lipinski definition) is 0. The van der Waals surface area contributed by atoms with Crippen molar-refractivity contribution in [3.63, 3.8) is 0 Å². The van der Waals surface area contributed by atoms with E-state index in [9.17, 15) is 14.4 Å². The van der Waals surface area contributed by atoms with E-state index in [0.717, 1.165) is 70.6 Å². The van der Waals surface area contributed by atoms with Gasteiger partial charge in [-0.3, -0.25) is 14.4 Å². The van der Waals surface area contributed by atoms with Crippen LogP contribution in [0.25, 0.3) is 0 Å². The van der Waals surface area contributed by atoms with Gasteiger partial charge in [0.25, 0.3) is 0 Å². The van der Waals surface area contributed by atoms with Crippen molar-refractivity contribution in [2.75, 3.05) is 13.2 Å². The van der Waals surface area contributed by atoms with Crippen LogP contribution in [0.15, 0.2) is 36.5 Å². The molecule has 0 radical (unpaired) electrons. The summed E-state index contributed by atoms with van der Waals surface area (Å²) in [5.41, 5.74) is 0. The lowest BCUT2D eigenvalue weighted by atomic mass is 10.0. The van der Waals surface area contributed by atoms with Gasteiger partial charge in [0.05, 0.1) is 0 Å². The molecule has 0 spiro atoms. The van der Waals surface area contributed by atoms with Gasteiger partial charge in [0.1, 0.15) is 13.2 Å². The first-order chi connectivity index (χ1) is 38.0. The summed E-state index contributed by atoms with van der Waals surface area (Å²) in [7, 11) is 0. The normalized spacial score (nSPS) is 12.2. The van der Waals surface area contributed by atoms with E-state index in [2.05, 4.69) is 57.2 Å². The molecular formula is C71H132O6. The van der Waals surface area contributed by atoms with E-state index < -0.39 is 6.10 Å². The average molecular weight is 1080 g/mol. The maximum absolute atomic E-state index is 12.9. The Morgan fingerprint density at radius 1 is 0.260 bits per heavy atom. The Labute approximate surface area is 480 Å². The van der Waals surface area contributed by atoms with Crippen LogP contribution in [0.2, 0.25) is 0 Å². The zero-order chi connectivity index (χ0) is 55.7. The smallest absolute Gasteiger partial charge is 0.306 e. The summed E-state index contributed by atoms with van der Waals surface area (Å²) in [5.74, 6) is -0.850. The fourth-order valence-corrected chi connectivity index (χ4v) is 10.4. The van der Waals surface area contributed by atoms with Gasteiger partial charge >= 0.3 is 17.9 Å². The van der Waals surface area contributed by atoms with Gasteiger partial charge in [-0.2, -0.15) is 0 Å². The molecule has 0 aliphatic rings. The van der Waals surface area contributed by atoms with E-state index in [4.69, 9.17) is 14.2 Å². The van der Waals surface area contributed by atoms with Gasteiger partial charge in [-0.1, -0.05) is 320 Å². The first-order valence-electron chi connectivity index (χ1n) is 34.5. The molecule has 452 valence electrons. The van der Waals surface area contributed by atoms with E-state index >= 15 is 0 Å². The molecule has 6 nitrogen and oxygen atoms in total. The molecule has 0 saturated heterocycles. The number of carbonyl (C=O) groups is 3. The van der Waals surface area contributed by atoms with E-state index in [1.807, 2.05) is 0 Å². The molecule has 0 aliphatic heterocycles. The highest BCUT2D eigenvalue weighted by molar-refractivity contribution is 5.71. The maximum Gasteiger partial charge on any atom is 0.306 e. The Bertz CT molecular complexity index is 1290. The molecule has 0 N–H and O–H groups in total. The molecule has 6 heteroatoms. The van der Waals surface area contributed by atoms with Crippen molar-refractivity contribution in [3.05, 3.63) is 36.5 Å². The van der Waals surface area contributed by atoms with Gasteiger partial charge in [-0.05, 0) is 77.0 Å². The Hall–Kier alpha value is -2.37. The van der Waals surface area contributed by atoms with Gasteiger partial charge in [-0.25, -0.2) is 0 Å². The molecule has 0 heterocycles. The van der Waals surface area contributed by atoms with E-state index in [-0.39, 0.29) is 31.1 Å². The standard InChI is InChI=1S/C71H132O6/c1-4-7-10-13-16-19-22-25-28-30-31-32-33-34-35-36-37-38-39-41-43-46-49-52-55-58-61-64-70(73)76-67-68(66-75-69(72)63-60-57-54-51-48-45-42-27-24-21-18-15-12-9-6-3)77-71(74)65-62-59-56-53-50-47-44-40-29-26-23-20-17-14-11-8-5-2/h22,25,27,30-31,42,68H,4-21,23-24,26,28-29,32-41,43-67H2,1-3H3/b25-22-,31-30-,42-27-. The zero-order valence-electron chi connectivity index (χ0n) is 52.0. The lowest BCUT2D eigenvalue weighted by molar-refractivity contribution is -0.167. The number of carbonyl (C=O) groups excluding carboxylic acids is 3. The summed E-state index contributed by atoms with van der Waals surface area (Å²) in [6.45, 7) is 6.69. The number of ether oxygens (including phenoxy) is 3. The largest absolute Gasteiger partial charge is 0.462 e. The number of allylic oxidation sites excluding steroid dienone is 6. The number of unbranched alkanes of at least 4 members (excludes halogenated alkanes) is 47. The van der Waals surface area contributed by atoms with Gasteiger partial charge in [0, 0.05) is 19.3 Å². The summed E-state index contributed by atoms with van der Waals surface area (Å²) in [6, 6.07) is 0. The van der Waals surface area contributed by atoms with Crippen molar-refractivity contribution in [1.82, 2.24) is 0 Å². The Balaban J connectivity index is 4.24. The molecular weight excluding hydrogens is 949 g/mol. The third kappa shape index (κ3) is 64.3. The molecule has 0 aromatic rings. The van der Waals surface area contributed by atoms with Crippen LogP contribution >= 0.6 is 0 Å². The molecule has 1 unspecified atom stereocenters. The number of hydrogen-bond acceptors (Lipinski definition) is 6. The van der Waals surface area contributed by atoms with Gasteiger partial charge in [0.2, 0.25) is 0 Å². The SMILES string of the molecule is CCCCCCC/C=C\C/C=C\CCCCCCCCCCCCCCCCCC(=O)OCC(COC(=O)CCCCCCC/C=C\CCCCCCCC)OC(=O)CCCCCCCCCCCCCCCCCCC. The minimum Gasteiger partial charge on any atom is -0.462 e. The van der Waals surface area contributed by atoms with E-state index in [0.29, 0.717) is 19.3 Å². The molecule has 0 rings (SSSR count). The monoisotopic (exact) mass is 1080 g/mol. The van der Waals surface area contributed by atoms with Crippen molar-refractivity contribution in [3.8, 4) is 0 Å². The second-order valence-electron chi connectivity index (χ2n) is 23.4. The summed E-state index contributed by atoms with van der Waals surface area (Å²) in [5, 5.41) is 0. The zero-order valence-corrected chi connectivity index (χ0v) is 52.0. The van der Waals surface area contributed by atoms with Crippen LogP contribution < -0.4 is 0 Å². The van der Waals surface area contributed by atoms with Crippen LogP contribution in [0, 0.1) is 0 Å². The summed E-state index contributed by atoms with van der Waals surface area (Å²) >= 11 is 0. The summed E-state index contributed by atoms with van der Waals surface area (Å²) in [4.78, 5) is 38.4. The van der Waals surface area contributed by atoms with Crippen LogP contribution in [0.5, 0.6) is 0 Å². The van der Waals surface area contributed by atoms with Gasteiger partial charge in [0.15, 0.2) is 6.10 Å². The maximum atomic E-state index is 12.9. The van der Waals surface area contributed by atoms with Crippen LogP contribution in [0.1, 0.15) is 380 Å². The predicted octanol–water partition coefficient (Wildman–Crippen LogP) is 23.6. The molecule has 0 fully saturated rings. The second-order valence-corrected chi connectivity index (χ2v) is 23.4. The molecule has 0 amide bonds. The first-order valence-corrected chi connectivity index (χ1v) is 34.5. The lowest BCUT2D eigenvalue weighted by Crippen LogP contribution is -2.30. The predicted molar refractivity (Wildman–Crippen MR) is 335 cm³/mol. The highest BCUT2D eigenvalue weighted by atomic mass is 16.6. The van der Waals surface area contributed by atoms with Gasteiger partial charge < -0.3 is 14.2 Å². The Morgan fingerprint density at radius 3 is 0.727 bits per heavy atom. The molecule has 77 heavy (non-hydrogen) atoms. The van der Waals surface area contributed by atoms with E-state index in [1.165, 1.54) is 270 Å². The highest BCUT2D eigenvalue weighted by Gasteiger charge is 2.19. The molecule has 0 bridgehead atoms. The second kappa shape index (κ2) is 66.1. The first kappa shape index (κ1) is 74.6. The topological polar surface area (TPSA) is 78.9 Å². The van der Waals surface area contributed by atoms with Crippen molar-refractivity contribution in [1.29, 1.82) is 0 Å². The lowest BCUT2D eigenvalue weighted by Gasteiger charge is -2.18. The quantitative estimate of drug-likeness (QED) is 0.0261. The van der Waals surface area contributed by atoms with Crippen LogP contribution in [0.3, 0.4) is 0 Å². The van der Waals surface area contributed by atoms with Crippen molar-refractivity contribution >= 4 is 17.9 Å². The average Bonchev–Trinajstić information content (AvgIpc) is 3.43. The Kier molecular flexibility index (Phi) is 64.1. The molecule has 0 saturated carbocycles. The Morgan fingerprint density at radius 2 is 0.468 bits per heavy atom. The summed E-state index contributed by atoms with van der Waals surface area (Å²) in [6.07, 6.45) is 81.6. The highest BCUT2D eigenvalue weighted by Crippen LogP contribution is 2.18. The van der Waals surface area contributed by atoms with Crippen LogP contribution in [-0.2, 0) is 28.6 Å². The minimum atomic E-state index is -0.773. The molecule has 0 aromatic heterocycles. The third-order valence-corrected chi connectivity index (χ3v) is 15.6. The van der Waals surface area contributed by atoms with Gasteiger partial charge in [-0.15, -0.1) is 0 Å².